The van der Waals surface area contributed by atoms with Gasteiger partial charge in [0.15, 0.2) is 5.75 Å². The van der Waals surface area contributed by atoms with Gasteiger partial charge in [-0.2, -0.15) is 4.68 Å². The van der Waals surface area contributed by atoms with E-state index in [0.29, 0.717) is 28.6 Å². The summed E-state index contributed by atoms with van der Waals surface area (Å²) in [5.41, 5.74) is 0.841. The molecule has 232 valence electrons. The Labute approximate surface area is 263 Å². The molecule has 0 saturated carbocycles. The molecule has 0 aliphatic carbocycles. The van der Waals surface area contributed by atoms with Crippen LogP contribution in [-0.4, -0.2) is 57.2 Å². The number of aromatic nitrogens is 4. The lowest BCUT2D eigenvalue weighted by atomic mass is 9.91. The summed E-state index contributed by atoms with van der Waals surface area (Å²) in [5.74, 6) is -2.11. The Morgan fingerprint density at radius 3 is 2.27 bits per heavy atom. The van der Waals surface area contributed by atoms with Crippen molar-refractivity contribution in [3.05, 3.63) is 78.1 Å². The summed E-state index contributed by atoms with van der Waals surface area (Å²) >= 11 is 6.25. The lowest BCUT2D eigenvalue weighted by Gasteiger charge is -2.35. The van der Waals surface area contributed by atoms with E-state index in [9.17, 15) is 19.2 Å². The number of hydrogen-bond donors (Lipinski definition) is 1. The number of ether oxygens (including phenoxy) is 2. The van der Waals surface area contributed by atoms with E-state index in [0.717, 1.165) is 0 Å². The number of carbonyl (C=O) groups is 4. The normalized spacial score (nSPS) is 13.5. The molecule has 3 amide bonds. The molecule has 0 unspecified atom stereocenters. The van der Waals surface area contributed by atoms with E-state index in [1.54, 1.807) is 54.6 Å². The second-order valence-corrected chi connectivity index (χ2v) is 11.8. The number of nitrogens with zero attached hydrogens (tertiary/aromatic N) is 6. The molecule has 1 aliphatic rings. The molecule has 4 aromatic rings. The first-order valence-corrected chi connectivity index (χ1v) is 14.4. The molecule has 13 nitrogen and oxygen atoms in total. The fourth-order valence-corrected chi connectivity index (χ4v) is 4.75. The van der Waals surface area contributed by atoms with E-state index < -0.39 is 23.9 Å². The standard InChI is InChI=1S/C31H30ClN7O6/c1-31(2,3)15-14-26(40)45-27-22(34-30(43)44-21-8-5-4-6-9-21)10-7-11-24(27)37-16-17-38(29(42)28(37)41)25-18-20(32)12-13-23(25)39-19-33-35-36-39/h4-13,18-19H,14-17H2,1-3H3,(H,34,43). The number of carbonyl (C=O) groups excluding carboxylic acids is 4. The summed E-state index contributed by atoms with van der Waals surface area (Å²) in [5, 5.41) is 14.1. The Hall–Kier alpha value is -5.30. The number of piperazine rings is 1. The van der Waals surface area contributed by atoms with Gasteiger partial charge in [0.1, 0.15) is 12.1 Å². The highest BCUT2D eigenvalue weighted by molar-refractivity contribution is 6.46. The van der Waals surface area contributed by atoms with Crippen molar-refractivity contribution >= 4 is 52.5 Å². The fraction of sp³-hybridized carbons (Fsp3) is 0.258. The van der Waals surface area contributed by atoms with Crippen LogP contribution in [-0.2, 0) is 14.4 Å². The smallest absolute Gasteiger partial charge is 0.417 e. The number of hydrogen-bond acceptors (Lipinski definition) is 9. The molecule has 2 heterocycles. The first kappa shape index (κ1) is 31.1. The highest BCUT2D eigenvalue weighted by Gasteiger charge is 2.37. The van der Waals surface area contributed by atoms with Crippen LogP contribution >= 0.6 is 11.6 Å². The number of nitrogens with one attached hydrogen (secondary N) is 1. The minimum absolute atomic E-state index is 0.0244. The SMILES string of the molecule is CC(C)(C)CCC(=O)Oc1c(NC(=O)Oc2ccccc2)cccc1N1CCN(c2cc(Cl)ccc2-n2cnnn2)C(=O)C1=O. The van der Waals surface area contributed by atoms with Crippen LogP contribution in [0.15, 0.2) is 73.1 Å². The van der Waals surface area contributed by atoms with E-state index >= 15 is 0 Å². The summed E-state index contributed by atoms with van der Waals surface area (Å²) in [6.45, 7) is 6.07. The molecule has 1 aliphatic heterocycles. The largest absolute Gasteiger partial charge is 0.422 e. The molecule has 14 heteroatoms. The van der Waals surface area contributed by atoms with E-state index in [1.807, 2.05) is 20.8 Å². The van der Waals surface area contributed by atoms with Gasteiger partial charge in [-0.25, -0.2) is 4.79 Å². The third kappa shape index (κ3) is 7.44. The molecule has 5 rings (SSSR count). The number of benzene rings is 3. The van der Waals surface area contributed by atoms with Gasteiger partial charge in [-0.1, -0.05) is 56.6 Å². The van der Waals surface area contributed by atoms with Crippen LogP contribution in [0.3, 0.4) is 0 Å². The number of halogens is 1. The summed E-state index contributed by atoms with van der Waals surface area (Å²) < 4.78 is 12.5. The van der Waals surface area contributed by atoms with Crippen LogP contribution in [0.2, 0.25) is 5.02 Å². The van der Waals surface area contributed by atoms with Gasteiger partial charge in [-0.05, 0) is 64.7 Å². The molecule has 1 aromatic heterocycles. The summed E-state index contributed by atoms with van der Waals surface area (Å²) in [6.07, 6.45) is 1.14. The van der Waals surface area contributed by atoms with Crippen LogP contribution in [0.4, 0.5) is 21.9 Å². The molecule has 1 N–H and O–H groups in total. The van der Waals surface area contributed by atoms with Crippen molar-refractivity contribution in [3.8, 4) is 17.2 Å². The van der Waals surface area contributed by atoms with Crippen LogP contribution < -0.4 is 24.6 Å². The molecule has 0 spiro atoms. The number of amides is 3. The fourth-order valence-electron chi connectivity index (χ4n) is 4.59. The van der Waals surface area contributed by atoms with Crippen molar-refractivity contribution in [1.29, 1.82) is 0 Å². The molecular formula is C31H30ClN7O6. The Balaban J connectivity index is 1.45. The molecule has 0 radical (unpaired) electrons. The van der Waals surface area contributed by atoms with Gasteiger partial charge < -0.3 is 14.4 Å². The van der Waals surface area contributed by atoms with Crippen LogP contribution in [0.25, 0.3) is 5.69 Å². The average molecular weight is 632 g/mol. The topological polar surface area (TPSA) is 149 Å². The number of tetrazole rings is 1. The van der Waals surface area contributed by atoms with Crippen molar-refractivity contribution in [2.24, 2.45) is 5.41 Å². The van der Waals surface area contributed by atoms with Crippen molar-refractivity contribution in [2.75, 3.05) is 28.2 Å². The third-order valence-corrected chi connectivity index (χ3v) is 7.05. The second kappa shape index (κ2) is 13.1. The lowest BCUT2D eigenvalue weighted by molar-refractivity contribution is -0.137. The Morgan fingerprint density at radius 2 is 1.60 bits per heavy atom. The van der Waals surface area contributed by atoms with E-state index in [1.165, 1.54) is 32.9 Å². The number of esters is 1. The van der Waals surface area contributed by atoms with Crippen molar-refractivity contribution in [2.45, 2.75) is 33.6 Å². The third-order valence-electron chi connectivity index (χ3n) is 6.82. The Bertz CT molecular complexity index is 1720. The van der Waals surface area contributed by atoms with E-state index in [4.69, 9.17) is 21.1 Å². The predicted molar refractivity (Wildman–Crippen MR) is 166 cm³/mol. The van der Waals surface area contributed by atoms with Crippen molar-refractivity contribution in [1.82, 2.24) is 20.2 Å². The molecule has 0 bridgehead atoms. The second-order valence-electron chi connectivity index (χ2n) is 11.3. The number of rotatable bonds is 8. The molecule has 1 saturated heterocycles. The van der Waals surface area contributed by atoms with Crippen molar-refractivity contribution in [3.63, 3.8) is 0 Å². The van der Waals surface area contributed by atoms with Crippen LogP contribution in [0.1, 0.15) is 33.6 Å². The quantitative estimate of drug-likeness (QED) is 0.160. The highest BCUT2D eigenvalue weighted by atomic mass is 35.5. The maximum absolute atomic E-state index is 13.7. The average Bonchev–Trinajstić information content (AvgIpc) is 3.54. The Kier molecular flexibility index (Phi) is 9.09. The van der Waals surface area contributed by atoms with Crippen LogP contribution in [0.5, 0.6) is 11.5 Å². The Morgan fingerprint density at radius 1 is 0.889 bits per heavy atom. The minimum Gasteiger partial charge on any atom is -0.422 e. The van der Waals surface area contributed by atoms with Gasteiger partial charge in [0.25, 0.3) is 0 Å². The first-order valence-electron chi connectivity index (χ1n) is 14.0. The van der Waals surface area contributed by atoms with Crippen LogP contribution in [0, 0.1) is 5.41 Å². The minimum atomic E-state index is -0.889. The van der Waals surface area contributed by atoms with Gasteiger partial charge >= 0.3 is 23.9 Å². The zero-order valence-corrected chi connectivity index (χ0v) is 25.5. The molecule has 45 heavy (non-hydrogen) atoms. The maximum Gasteiger partial charge on any atom is 0.417 e. The van der Waals surface area contributed by atoms with Gasteiger partial charge in [-0.15, -0.1) is 5.10 Å². The maximum atomic E-state index is 13.7. The molecular weight excluding hydrogens is 602 g/mol. The highest BCUT2D eigenvalue weighted by Crippen LogP contribution is 2.39. The van der Waals surface area contributed by atoms with E-state index in [2.05, 4.69) is 20.8 Å². The lowest BCUT2D eigenvalue weighted by Crippen LogP contribution is -2.55. The summed E-state index contributed by atoms with van der Waals surface area (Å²) in [7, 11) is 0. The van der Waals surface area contributed by atoms with Gasteiger partial charge in [0.2, 0.25) is 0 Å². The molecule has 3 aromatic carbocycles. The predicted octanol–water partition coefficient (Wildman–Crippen LogP) is 5.04. The zero-order chi connectivity index (χ0) is 32.1. The van der Waals surface area contributed by atoms with Gasteiger partial charge in [-0.3, -0.25) is 24.6 Å². The zero-order valence-electron chi connectivity index (χ0n) is 24.8. The number of anilines is 3. The summed E-state index contributed by atoms with van der Waals surface area (Å²) in [6, 6.07) is 17.8. The van der Waals surface area contributed by atoms with Gasteiger partial charge in [0.05, 0.1) is 22.7 Å². The van der Waals surface area contributed by atoms with Crippen molar-refractivity contribution < 1.29 is 28.7 Å². The van der Waals surface area contributed by atoms with Gasteiger partial charge in [0, 0.05) is 24.5 Å². The molecule has 1 fully saturated rings. The molecule has 0 atom stereocenters. The first-order chi connectivity index (χ1) is 21.5. The number of para-hydroxylation sites is 2. The van der Waals surface area contributed by atoms with E-state index in [-0.39, 0.29) is 42.0 Å². The monoisotopic (exact) mass is 631 g/mol. The summed E-state index contributed by atoms with van der Waals surface area (Å²) in [4.78, 5) is 55.6.